The highest BCUT2D eigenvalue weighted by Gasteiger charge is 2.49. The number of fused-ring (bicyclic) bond motifs is 1. The average Bonchev–Trinajstić information content (AvgIpc) is 3.25. The lowest BCUT2D eigenvalue weighted by atomic mass is 9.80. The average molecular weight is 662 g/mol. The summed E-state index contributed by atoms with van der Waals surface area (Å²) in [6.45, 7) is 13.5. The third-order valence-electron chi connectivity index (χ3n) is 8.91. The molecule has 0 saturated heterocycles. The summed E-state index contributed by atoms with van der Waals surface area (Å²) in [6, 6.07) is 28.8. The molecule has 0 amide bonds. The molecule has 0 atom stereocenters. The van der Waals surface area contributed by atoms with Crippen LogP contribution >= 0.6 is 31.9 Å². The van der Waals surface area contributed by atoms with E-state index >= 15 is 0 Å². The van der Waals surface area contributed by atoms with Crippen LogP contribution in [0.3, 0.4) is 0 Å². The van der Waals surface area contributed by atoms with Crippen molar-refractivity contribution in [2.75, 3.05) is 4.90 Å². The Balaban J connectivity index is 1.64. The summed E-state index contributed by atoms with van der Waals surface area (Å²) in [7, 11) is 0. The molecule has 0 bridgehead atoms. The van der Waals surface area contributed by atoms with Crippen molar-refractivity contribution in [3.8, 4) is 11.1 Å². The van der Waals surface area contributed by atoms with E-state index in [2.05, 4.69) is 157 Å². The Morgan fingerprint density at radius 1 is 0.575 bits per heavy atom. The Labute approximate surface area is 257 Å². The van der Waals surface area contributed by atoms with E-state index in [0.29, 0.717) is 0 Å². The zero-order chi connectivity index (χ0) is 28.7. The highest BCUT2D eigenvalue weighted by Crippen LogP contribution is 2.54. The molecule has 4 aromatic carbocycles. The fraction of sp³-hybridized carbons (Fsp3) is 0.333. The van der Waals surface area contributed by atoms with Gasteiger partial charge in [0.25, 0.3) is 0 Å². The van der Waals surface area contributed by atoms with Crippen LogP contribution in [0.25, 0.3) is 11.1 Å². The minimum absolute atomic E-state index is 0.191. The first-order chi connectivity index (χ1) is 19.2. The van der Waals surface area contributed by atoms with Crippen LogP contribution < -0.4 is 4.90 Å². The van der Waals surface area contributed by atoms with Crippen molar-refractivity contribution < 1.29 is 4.74 Å². The Bertz CT molecular complexity index is 1430. The summed E-state index contributed by atoms with van der Waals surface area (Å²) in [5, 5.41) is 0. The van der Waals surface area contributed by atoms with Crippen LogP contribution in [0.4, 0.5) is 17.1 Å². The van der Waals surface area contributed by atoms with Crippen LogP contribution in [0.15, 0.2) is 87.8 Å². The van der Waals surface area contributed by atoms with Crippen molar-refractivity contribution >= 4 is 48.9 Å². The summed E-state index contributed by atoms with van der Waals surface area (Å²) in [6.07, 6.45) is 3.94. The third kappa shape index (κ3) is 4.97. The maximum absolute atomic E-state index is 7.01. The number of nitrogens with zero attached hydrogens (tertiary/aromatic N) is 1. The van der Waals surface area contributed by atoms with Gasteiger partial charge in [0.2, 0.25) is 0 Å². The molecule has 2 nitrogen and oxygen atoms in total. The molecular weight excluding hydrogens is 622 g/mol. The molecular formula is C36H39Br2NO. The molecule has 0 aromatic heterocycles. The number of ether oxygens (including phenoxy) is 1. The van der Waals surface area contributed by atoms with Gasteiger partial charge in [-0.3, -0.25) is 0 Å². The summed E-state index contributed by atoms with van der Waals surface area (Å²) in [5.74, 6) is 0. The maximum Gasteiger partial charge on any atom is 0.0942 e. The van der Waals surface area contributed by atoms with Crippen molar-refractivity contribution in [3.63, 3.8) is 0 Å². The number of hydrogen-bond donors (Lipinski definition) is 0. The van der Waals surface area contributed by atoms with E-state index in [0.717, 1.165) is 51.7 Å². The Morgan fingerprint density at radius 3 is 1.48 bits per heavy atom. The molecule has 0 N–H and O–H groups in total. The molecule has 0 saturated carbocycles. The summed E-state index contributed by atoms with van der Waals surface area (Å²) in [5.41, 5.74) is 10.9. The van der Waals surface area contributed by atoms with Gasteiger partial charge in [-0.2, -0.15) is 0 Å². The zero-order valence-corrected chi connectivity index (χ0v) is 27.6. The van der Waals surface area contributed by atoms with Crippen molar-refractivity contribution in [2.24, 2.45) is 0 Å². The minimum Gasteiger partial charge on any atom is -0.359 e. The van der Waals surface area contributed by atoms with Gasteiger partial charge >= 0.3 is 0 Å². The zero-order valence-electron chi connectivity index (χ0n) is 24.4. The van der Waals surface area contributed by atoms with Crippen LogP contribution in [0.1, 0.15) is 75.6 Å². The molecule has 0 radical (unpaired) electrons. The van der Waals surface area contributed by atoms with E-state index in [9.17, 15) is 0 Å². The summed E-state index contributed by atoms with van der Waals surface area (Å²) >= 11 is 7.19. The van der Waals surface area contributed by atoms with E-state index in [4.69, 9.17) is 4.74 Å². The van der Waals surface area contributed by atoms with Gasteiger partial charge in [0.1, 0.15) is 0 Å². The lowest BCUT2D eigenvalue weighted by Crippen LogP contribution is -2.31. The van der Waals surface area contributed by atoms with E-state index < -0.39 is 0 Å². The largest absolute Gasteiger partial charge is 0.359 e. The van der Waals surface area contributed by atoms with Gasteiger partial charge in [-0.05, 0) is 140 Å². The van der Waals surface area contributed by atoms with Crippen LogP contribution in [-0.2, 0) is 15.9 Å². The van der Waals surface area contributed by atoms with E-state index in [1.54, 1.807) is 0 Å². The van der Waals surface area contributed by atoms with Gasteiger partial charge in [-0.25, -0.2) is 0 Å². The molecule has 4 heteroatoms. The Hall–Kier alpha value is -2.40. The van der Waals surface area contributed by atoms with Crippen LogP contribution in [0.5, 0.6) is 0 Å². The number of hydrogen-bond acceptors (Lipinski definition) is 2. The topological polar surface area (TPSA) is 12.5 Å². The maximum atomic E-state index is 7.01. The lowest BCUT2D eigenvalue weighted by Gasteiger charge is -2.34. The lowest BCUT2D eigenvalue weighted by molar-refractivity contribution is -0.151. The van der Waals surface area contributed by atoms with E-state index in [1.807, 2.05) is 0 Å². The normalized spacial score (nSPS) is 15.2. The Morgan fingerprint density at radius 2 is 1.02 bits per heavy atom. The number of aryl methyl sites for hydroxylation is 2. The predicted octanol–water partition coefficient (Wildman–Crippen LogP) is 12.0. The number of halogens is 2. The Kier molecular flexibility index (Phi) is 8.34. The second kappa shape index (κ2) is 11.5. The van der Waals surface area contributed by atoms with E-state index in [1.165, 1.54) is 33.4 Å². The van der Waals surface area contributed by atoms with Crippen LogP contribution in [0, 0.1) is 13.8 Å². The van der Waals surface area contributed by atoms with Crippen molar-refractivity contribution in [1.82, 2.24) is 0 Å². The fourth-order valence-electron chi connectivity index (χ4n) is 6.66. The second-order valence-electron chi connectivity index (χ2n) is 11.0. The van der Waals surface area contributed by atoms with Crippen molar-refractivity contribution in [1.29, 1.82) is 0 Å². The van der Waals surface area contributed by atoms with Gasteiger partial charge < -0.3 is 9.64 Å². The molecule has 40 heavy (non-hydrogen) atoms. The smallest absolute Gasteiger partial charge is 0.0942 e. The van der Waals surface area contributed by atoms with Crippen molar-refractivity contribution in [2.45, 2.75) is 78.4 Å². The van der Waals surface area contributed by atoms with Gasteiger partial charge in [-0.1, -0.05) is 71.7 Å². The molecule has 0 spiro atoms. The van der Waals surface area contributed by atoms with Crippen LogP contribution in [0.2, 0.25) is 0 Å². The minimum atomic E-state index is -0.223. The predicted molar refractivity (Wildman–Crippen MR) is 177 cm³/mol. The standard InChI is InChI=1S/C36H39Br2NO/c1-7-35(8-2)32-20-11-26(23-33(32)36(9-3,10-4)40-35)34-24(5)21-31(22-25(34)6)39(29-16-12-27(37)13-17-29)30-18-14-28(38)15-19-30/h11-23H,7-10H2,1-6H3. The highest BCUT2D eigenvalue weighted by atomic mass is 79.9. The van der Waals surface area contributed by atoms with Gasteiger partial charge in [-0.15, -0.1) is 0 Å². The summed E-state index contributed by atoms with van der Waals surface area (Å²) in [4.78, 5) is 2.33. The molecule has 208 valence electrons. The molecule has 1 aliphatic rings. The van der Waals surface area contributed by atoms with Gasteiger partial charge in [0.15, 0.2) is 0 Å². The molecule has 0 fully saturated rings. The number of anilines is 3. The molecule has 4 aromatic rings. The SMILES string of the molecule is CCC1(CC)OC(CC)(CC)c2cc(-c3c(C)cc(N(c4ccc(Br)cc4)c4ccc(Br)cc4)cc3C)ccc21. The van der Waals surface area contributed by atoms with Crippen LogP contribution in [-0.4, -0.2) is 0 Å². The molecule has 1 aliphatic heterocycles. The number of rotatable bonds is 8. The first-order valence-electron chi connectivity index (χ1n) is 14.5. The highest BCUT2D eigenvalue weighted by molar-refractivity contribution is 9.10. The first kappa shape index (κ1) is 29.1. The van der Waals surface area contributed by atoms with Crippen molar-refractivity contribution in [3.05, 3.63) is 110 Å². The third-order valence-corrected chi connectivity index (χ3v) is 9.97. The second-order valence-corrected chi connectivity index (χ2v) is 12.8. The molecule has 0 unspecified atom stereocenters. The summed E-state index contributed by atoms with van der Waals surface area (Å²) < 4.78 is 9.15. The van der Waals surface area contributed by atoms with Gasteiger partial charge in [0.05, 0.1) is 11.2 Å². The quantitative estimate of drug-likeness (QED) is 0.186. The fourth-order valence-corrected chi connectivity index (χ4v) is 7.19. The molecule has 0 aliphatic carbocycles. The monoisotopic (exact) mass is 659 g/mol. The molecule has 5 rings (SSSR count). The van der Waals surface area contributed by atoms with Gasteiger partial charge in [0, 0.05) is 26.0 Å². The number of benzene rings is 4. The molecule has 1 heterocycles. The van der Waals surface area contributed by atoms with E-state index in [-0.39, 0.29) is 11.2 Å². The first-order valence-corrected chi connectivity index (χ1v) is 16.1.